The van der Waals surface area contributed by atoms with E-state index >= 15 is 0 Å². The zero-order valence-corrected chi connectivity index (χ0v) is 13.2. The summed E-state index contributed by atoms with van der Waals surface area (Å²) in [5.74, 6) is -0.192. The van der Waals surface area contributed by atoms with Crippen molar-refractivity contribution in [2.24, 2.45) is 11.7 Å². The molecule has 0 aliphatic carbocycles. The summed E-state index contributed by atoms with van der Waals surface area (Å²) in [6.07, 6.45) is 2.38. The van der Waals surface area contributed by atoms with Crippen LogP contribution < -0.4 is 11.1 Å². The fraction of sp³-hybridized carbons (Fsp3) is 0.600. The molecule has 1 atom stereocenters. The average molecular weight is 309 g/mol. The highest BCUT2D eigenvalue weighted by atomic mass is 32.1. The van der Waals surface area contributed by atoms with Crippen LogP contribution in [-0.4, -0.2) is 42.4 Å². The van der Waals surface area contributed by atoms with E-state index in [2.05, 4.69) is 16.3 Å². The minimum atomic E-state index is -0.220. The van der Waals surface area contributed by atoms with E-state index in [1.807, 2.05) is 18.4 Å². The number of hydrogen-bond donors (Lipinski definition) is 2. The minimum Gasteiger partial charge on any atom is -0.369 e. The summed E-state index contributed by atoms with van der Waals surface area (Å²) in [5, 5.41) is 5.03. The Morgan fingerprint density at radius 1 is 1.48 bits per heavy atom. The van der Waals surface area contributed by atoms with Crippen LogP contribution >= 0.6 is 11.3 Å². The van der Waals surface area contributed by atoms with Crippen LogP contribution in [0.3, 0.4) is 0 Å². The molecule has 0 bridgehead atoms. The van der Waals surface area contributed by atoms with Crippen LogP contribution in [0.5, 0.6) is 0 Å². The second-order valence-corrected chi connectivity index (χ2v) is 6.54. The number of carbonyl (C=O) groups excluding carboxylic acids is 2. The van der Waals surface area contributed by atoms with Crippen LogP contribution in [-0.2, 0) is 16.0 Å². The summed E-state index contributed by atoms with van der Waals surface area (Å²) >= 11 is 1.71. The molecule has 0 unspecified atom stereocenters. The van der Waals surface area contributed by atoms with Crippen molar-refractivity contribution in [2.75, 3.05) is 19.6 Å². The third-order valence-electron chi connectivity index (χ3n) is 4.11. The lowest BCUT2D eigenvalue weighted by atomic mass is 9.95. The summed E-state index contributed by atoms with van der Waals surface area (Å²) < 4.78 is 0. The third kappa shape index (κ3) is 4.54. The quantitative estimate of drug-likeness (QED) is 0.823. The van der Waals surface area contributed by atoms with E-state index in [1.165, 1.54) is 4.88 Å². The van der Waals surface area contributed by atoms with Crippen molar-refractivity contribution in [3.05, 3.63) is 22.4 Å². The molecule has 3 N–H and O–H groups in total. The molecule has 1 saturated heterocycles. The highest BCUT2D eigenvalue weighted by Crippen LogP contribution is 2.18. The summed E-state index contributed by atoms with van der Waals surface area (Å²) in [7, 11) is 0. The van der Waals surface area contributed by atoms with Gasteiger partial charge in [-0.25, -0.2) is 0 Å². The highest BCUT2D eigenvalue weighted by molar-refractivity contribution is 7.09. The molecule has 0 spiro atoms. The van der Waals surface area contributed by atoms with Gasteiger partial charge in [-0.3, -0.25) is 14.5 Å². The van der Waals surface area contributed by atoms with E-state index in [-0.39, 0.29) is 23.8 Å². The van der Waals surface area contributed by atoms with Gasteiger partial charge in [-0.2, -0.15) is 0 Å². The lowest BCUT2D eigenvalue weighted by Gasteiger charge is -2.34. The molecule has 1 aromatic rings. The first-order valence-corrected chi connectivity index (χ1v) is 8.29. The van der Waals surface area contributed by atoms with Gasteiger partial charge < -0.3 is 11.1 Å². The van der Waals surface area contributed by atoms with Gasteiger partial charge >= 0.3 is 0 Å². The molecule has 6 heteroatoms. The van der Waals surface area contributed by atoms with E-state index in [4.69, 9.17) is 5.73 Å². The molecular weight excluding hydrogens is 286 g/mol. The molecule has 1 fully saturated rings. The van der Waals surface area contributed by atoms with Crippen molar-refractivity contribution in [1.82, 2.24) is 10.2 Å². The molecule has 0 radical (unpaired) electrons. The maximum absolute atomic E-state index is 12.1. The highest BCUT2D eigenvalue weighted by Gasteiger charge is 2.28. The maximum atomic E-state index is 12.1. The Bertz CT molecular complexity index is 467. The Labute approximate surface area is 129 Å². The van der Waals surface area contributed by atoms with Crippen molar-refractivity contribution in [2.45, 2.75) is 32.2 Å². The van der Waals surface area contributed by atoms with Gasteiger partial charge in [0.15, 0.2) is 0 Å². The summed E-state index contributed by atoms with van der Waals surface area (Å²) in [6.45, 7) is 4.10. The zero-order valence-electron chi connectivity index (χ0n) is 12.4. The van der Waals surface area contributed by atoms with Crippen molar-refractivity contribution in [3.63, 3.8) is 0 Å². The molecule has 116 valence electrons. The second kappa shape index (κ2) is 7.56. The molecule has 2 heterocycles. The molecule has 0 aromatic carbocycles. The molecule has 2 rings (SSSR count). The first-order chi connectivity index (χ1) is 10.1. The van der Waals surface area contributed by atoms with E-state index in [9.17, 15) is 9.59 Å². The van der Waals surface area contributed by atoms with Crippen molar-refractivity contribution in [3.8, 4) is 0 Å². The average Bonchev–Trinajstić information content (AvgIpc) is 2.99. The van der Waals surface area contributed by atoms with E-state index in [0.29, 0.717) is 6.54 Å². The van der Waals surface area contributed by atoms with Crippen LogP contribution in [0.1, 0.15) is 24.6 Å². The smallest absolute Gasteiger partial charge is 0.237 e. The Hall–Kier alpha value is -1.40. The van der Waals surface area contributed by atoms with E-state index in [0.717, 1.165) is 32.4 Å². The Morgan fingerprint density at radius 3 is 2.76 bits per heavy atom. The van der Waals surface area contributed by atoms with E-state index in [1.54, 1.807) is 11.3 Å². The van der Waals surface area contributed by atoms with Gasteiger partial charge in [0.05, 0.1) is 6.04 Å². The fourth-order valence-corrected chi connectivity index (χ4v) is 3.36. The predicted molar refractivity (Wildman–Crippen MR) is 84.0 cm³/mol. The molecule has 5 nitrogen and oxygen atoms in total. The molecule has 1 aliphatic rings. The summed E-state index contributed by atoms with van der Waals surface area (Å²) in [5.41, 5.74) is 5.32. The minimum absolute atomic E-state index is 0.0321. The number of rotatable bonds is 6. The van der Waals surface area contributed by atoms with Crippen molar-refractivity contribution < 1.29 is 9.59 Å². The number of amides is 2. The Balaban J connectivity index is 1.71. The van der Waals surface area contributed by atoms with Crippen LogP contribution in [0.2, 0.25) is 0 Å². The van der Waals surface area contributed by atoms with Crippen molar-refractivity contribution in [1.29, 1.82) is 0 Å². The van der Waals surface area contributed by atoms with E-state index < -0.39 is 0 Å². The van der Waals surface area contributed by atoms with Gasteiger partial charge in [0.2, 0.25) is 11.8 Å². The Kier molecular flexibility index (Phi) is 5.76. The monoisotopic (exact) mass is 309 g/mol. The number of nitrogens with zero attached hydrogens (tertiary/aromatic N) is 1. The van der Waals surface area contributed by atoms with Crippen LogP contribution in [0.15, 0.2) is 17.5 Å². The standard InChI is InChI=1S/C15H23N3O2S/c1-11(18-8-5-12(6-9-18)14(16)19)15(20)17-7-4-13-3-2-10-21-13/h2-3,10-12H,4-9H2,1H3,(H2,16,19)(H,17,20)/t11-/m0/s1. The molecule has 2 amide bonds. The largest absolute Gasteiger partial charge is 0.369 e. The Morgan fingerprint density at radius 2 is 2.19 bits per heavy atom. The SMILES string of the molecule is C[C@@H](C(=O)NCCc1cccs1)N1CCC(C(N)=O)CC1. The number of thiophene rings is 1. The number of hydrogen-bond acceptors (Lipinski definition) is 4. The number of carbonyl (C=O) groups is 2. The van der Waals surface area contributed by atoms with Crippen LogP contribution in [0, 0.1) is 5.92 Å². The van der Waals surface area contributed by atoms with Gasteiger partial charge in [0, 0.05) is 17.3 Å². The van der Waals surface area contributed by atoms with Gasteiger partial charge in [-0.1, -0.05) is 6.07 Å². The first-order valence-electron chi connectivity index (χ1n) is 7.41. The van der Waals surface area contributed by atoms with Gasteiger partial charge in [0.25, 0.3) is 0 Å². The lowest BCUT2D eigenvalue weighted by molar-refractivity contribution is -0.127. The summed E-state index contributed by atoms with van der Waals surface area (Å²) in [6, 6.07) is 3.95. The number of nitrogens with two attached hydrogens (primary N) is 1. The van der Waals surface area contributed by atoms with Gasteiger partial charge in [-0.05, 0) is 50.7 Å². The predicted octanol–water partition coefficient (Wildman–Crippen LogP) is 0.993. The van der Waals surface area contributed by atoms with Crippen LogP contribution in [0.4, 0.5) is 0 Å². The fourth-order valence-electron chi connectivity index (χ4n) is 2.65. The third-order valence-corrected chi connectivity index (χ3v) is 5.05. The first kappa shape index (κ1) is 16.0. The molecular formula is C15H23N3O2S. The maximum Gasteiger partial charge on any atom is 0.237 e. The van der Waals surface area contributed by atoms with Gasteiger partial charge in [-0.15, -0.1) is 11.3 Å². The summed E-state index contributed by atoms with van der Waals surface area (Å²) in [4.78, 5) is 26.7. The number of piperidine rings is 1. The van der Waals surface area contributed by atoms with Gasteiger partial charge in [0.1, 0.15) is 0 Å². The molecule has 0 saturated carbocycles. The zero-order chi connectivity index (χ0) is 15.2. The molecule has 1 aliphatic heterocycles. The number of nitrogens with one attached hydrogen (secondary N) is 1. The van der Waals surface area contributed by atoms with Crippen molar-refractivity contribution >= 4 is 23.2 Å². The van der Waals surface area contributed by atoms with Crippen LogP contribution in [0.25, 0.3) is 0 Å². The molecule has 1 aromatic heterocycles. The second-order valence-electron chi connectivity index (χ2n) is 5.51. The topological polar surface area (TPSA) is 75.4 Å². The number of likely N-dealkylation sites (tertiary alicyclic amines) is 1. The number of primary amides is 1. The normalized spacial score (nSPS) is 18.3. The lowest BCUT2D eigenvalue weighted by Crippen LogP contribution is -2.49. The molecule has 21 heavy (non-hydrogen) atoms.